The summed E-state index contributed by atoms with van der Waals surface area (Å²) in [4.78, 5) is 56.6. The van der Waals surface area contributed by atoms with Gasteiger partial charge in [-0.2, -0.15) is 4.98 Å². The Morgan fingerprint density at radius 3 is 2.40 bits per heavy atom. The molecule has 1 aliphatic rings. The number of hydrogen-bond donors (Lipinski definition) is 3. The number of phenols is 1. The maximum absolute atomic E-state index is 16.9. The van der Waals surface area contributed by atoms with E-state index < -0.39 is 5.82 Å². The minimum Gasteiger partial charge on any atom is -0.508 e. The number of phenolic OH excluding ortho intramolecular Hbond substituents is 1. The lowest BCUT2D eigenvalue weighted by Gasteiger charge is -2.36. The van der Waals surface area contributed by atoms with Gasteiger partial charge in [-0.3, -0.25) is 14.4 Å². The lowest BCUT2D eigenvalue weighted by atomic mass is 9.96. The monoisotopic (exact) mass is 970 g/mol. The zero-order valence-electron chi connectivity index (χ0n) is 38.4. The number of aromatic nitrogens is 3. The SMILES string of the molecule is CCC(=O)N1CCN(c2nc(NCCC(=O)N(C)CCOCCOCCOCCOc3cc(-c4scnc4C)ccc3CNC=O)nc3c(F)c(-c4cc(O)cc5ccccc45)c(Cl)cc23)CC1. The van der Waals surface area contributed by atoms with E-state index in [0.29, 0.717) is 126 Å². The number of benzene rings is 4. The highest BCUT2D eigenvalue weighted by Crippen LogP contribution is 2.42. The van der Waals surface area contributed by atoms with Gasteiger partial charge >= 0.3 is 0 Å². The largest absolute Gasteiger partial charge is 0.508 e. The van der Waals surface area contributed by atoms with Crippen LogP contribution in [0.5, 0.6) is 11.5 Å². The summed E-state index contributed by atoms with van der Waals surface area (Å²) in [6.07, 6.45) is 1.17. The van der Waals surface area contributed by atoms with Crippen LogP contribution >= 0.6 is 22.9 Å². The van der Waals surface area contributed by atoms with Crippen molar-refractivity contribution in [2.45, 2.75) is 33.2 Å². The van der Waals surface area contributed by atoms with E-state index in [4.69, 9.17) is 35.5 Å². The lowest BCUT2D eigenvalue weighted by molar-refractivity contribution is -0.131. The Kier molecular flexibility index (Phi) is 17.7. The molecule has 0 spiro atoms. The molecule has 2 aromatic heterocycles. The molecule has 19 heteroatoms. The van der Waals surface area contributed by atoms with Gasteiger partial charge in [0.15, 0.2) is 5.82 Å². The molecule has 6 aromatic rings. The molecule has 1 saturated heterocycles. The van der Waals surface area contributed by atoms with Gasteiger partial charge in [-0.1, -0.05) is 54.9 Å². The van der Waals surface area contributed by atoms with Crippen LogP contribution in [-0.2, 0) is 35.1 Å². The predicted molar refractivity (Wildman–Crippen MR) is 262 cm³/mol. The summed E-state index contributed by atoms with van der Waals surface area (Å²) in [6.45, 7) is 9.01. The van der Waals surface area contributed by atoms with Gasteiger partial charge in [-0.15, -0.1) is 11.3 Å². The average molecular weight is 972 g/mol. The molecule has 0 saturated carbocycles. The van der Waals surface area contributed by atoms with Crippen LogP contribution in [0.4, 0.5) is 16.2 Å². The molecule has 4 aromatic carbocycles. The Hall–Kier alpha value is -6.18. The van der Waals surface area contributed by atoms with Crippen molar-refractivity contribution in [1.29, 1.82) is 0 Å². The summed E-state index contributed by atoms with van der Waals surface area (Å²) >= 11 is 8.44. The maximum Gasteiger partial charge on any atom is 0.225 e. The third-order valence-corrected chi connectivity index (χ3v) is 12.8. The fourth-order valence-electron chi connectivity index (χ4n) is 7.90. The Morgan fingerprint density at radius 1 is 0.941 bits per heavy atom. The second-order valence-corrected chi connectivity index (χ2v) is 17.3. The third kappa shape index (κ3) is 12.5. The first-order valence-corrected chi connectivity index (χ1v) is 23.8. The number of hydrogen-bond acceptors (Lipinski definition) is 14. The van der Waals surface area contributed by atoms with E-state index in [9.17, 15) is 19.5 Å². The Labute approximate surface area is 403 Å². The normalized spacial score (nSPS) is 12.7. The highest BCUT2D eigenvalue weighted by atomic mass is 35.5. The van der Waals surface area contributed by atoms with Crippen molar-refractivity contribution in [3.8, 4) is 33.1 Å². The van der Waals surface area contributed by atoms with Crippen molar-refractivity contribution in [3.63, 3.8) is 0 Å². The molecule has 16 nitrogen and oxygen atoms in total. The first-order chi connectivity index (χ1) is 33.1. The van der Waals surface area contributed by atoms with Gasteiger partial charge in [-0.05, 0) is 53.1 Å². The predicted octanol–water partition coefficient (Wildman–Crippen LogP) is 7.07. The zero-order chi connectivity index (χ0) is 48.0. The van der Waals surface area contributed by atoms with Gasteiger partial charge in [0.1, 0.15) is 29.4 Å². The summed E-state index contributed by atoms with van der Waals surface area (Å²) in [6, 6.07) is 18.0. The summed E-state index contributed by atoms with van der Waals surface area (Å²) < 4.78 is 40.0. The van der Waals surface area contributed by atoms with Crippen LogP contribution in [-0.4, -0.2) is 141 Å². The van der Waals surface area contributed by atoms with Crippen LogP contribution in [0.15, 0.2) is 66.2 Å². The number of piperazine rings is 1. The number of amides is 3. The van der Waals surface area contributed by atoms with Gasteiger partial charge in [-0.25, -0.2) is 14.4 Å². The summed E-state index contributed by atoms with van der Waals surface area (Å²) in [7, 11) is 1.70. The number of nitrogens with one attached hydrogen (secondary N) is 2. The van der Waals surface area contributed by atoms with Crippen molar-refractivity contribution in [2.75, 3.05) is 103 Å². The number of halogens is 2. The van der Waals surface area contributed by atoms with E-state index >= 15 is 4.39 Å². The summed E-state index contributed by atoms with van der Waals surface area (Å²) in [5, 5.41) is 18.4. The van der Waals surface area contributed by atoms with Gasteiger partial charge in [0.2, 0.25) is 24.2 Å². The molecule has 1 aliphatic heterocycles. The summed E-state index contributed by atoms with van der Waals surface area (Å²) in [5.41, 5.74) is 5.15. The lowest BCUT2D eigenvalue weighted by Crippen LogP contribution is -2.49. The van der Waals surface area contributed by atoms with Crippen LogP contribution < -0.4 is 20.3 Å². The van der Waals surface area contributed by atoms with E-state index in [1.54, 1.807) is 40.3 Å². The average Bonchev–Trinajstić information content (AvgIpc) is 3.78. The van der Waals surface area contributed by atoms with Crippen LogP contribution in [0.25, 0.3) is 43.2 Å². The number of rotatable bonds is 24. The van der Waals surface area contributed by atoms with Crippen LogP contribution in [0.1, 0.15) is 31.0 Å². The van der Waals surface area contributed by atoms with Crippen molar-refractivity contribution in [3.05, 3.63) is 88.3 Å². The quantitative estimate of drug-likeness (QED) is 0.0414. The van der Waals surface area contributed by atoms with E-state index in [1.165, 1.54) is 6.07 Å². The molecule has 3 N–H and O–H groups in total. The fourth-order valence-corrected chi connectivity index (χ4v) is 8.99. The number of aromatic hydroxyl groups is 1. The molecular weight excluding hydrogens is 915 g/mol. The second-order valence-electron chi connectivity index (χ2n) is 16.0. The van der Waals surface area contributed by atoms with Crippen molar-refractivity contribution < 1.29 is 42.8 Å². The first kappa shape index (κ1) is 49.7. The van der Waals surface area contributed by atoms with E-state index in [0.717, 1.165) is 27.1 Å². The molecule has 0 unspecified atom stereocenters. The number of carbonyl (C=O) groups is 3. The highest BCUT2D eigenvalue weighted by Gasteiger charge is 2.27. The molecule has 1 fully saturated rings. The fraction of sp³-hybridized carbons (Fsp3) is 0.388. The Balaban J connectivity index is 0.862. The van der Waals surface area contributed by atoms with E-state index in [1.807, 2.05) is 66.7 Å². The molecular formula is C49H56ClFN8O8S. The molecule has 0 radical (unpaired) electrons. The van der Waals surface area contributed by atoms with Crippen LogP contribution in [0.2, 0.25) is 5.02 Å². The minimum atomic E-state index is -0.674. The number of fused-ring (bicyclic) bond motifs is 2. The number of anilines is 2. The molecule has 7 rings (SSSR count). The van der Waals surface area contributed by atoms with Crippen molar-refractivity contribution >= 4 is 74.6 Å². The van der Waals surface area contributed by atoms with E-state index in [2.05, 4.69) is 20.6 Å². The Bertz CT molecular complexity index is 2700. The molecule has 68 heavy (non-hydrogen) atoms. The number of carbonyl (C=O) groups excluding carboxylic acids is 3. The standard InChI is InChI=1S/C49H56ClFN8O8S/c1-4-42(62)58-13-15-59(16-14-58)48-39-28-40(50)44(38-27-36(61)25-33-7-5-6-8-37(33)38)45(51)46(39)55-49(56-48)53-12-11-43(63)57(3)17-18-64-19-20-65-21-22-66-23-24-67-41-26-34(47-32(2)54-31-68-47)9-10-35(41)29-52-30-60/h5-10,25-28,30-31,61H,4,11-24,29H2,1-3H3,(H,52,60)(H,53,55,56). The van der Waals surface area contributed by atoms with Gasteiger partial charge in [0.25, 0.3) is 0 Å². The maximum atomic E-state index is 16.9. The van der Waals surface area contributed by atoms with Gasteiger partial charge in [0, 0.05) is 82.2 Å². The smallest absolute Gasteiger partial charge is 0.225 e. The summed E-state index contributed by atoms with van der Waals surface area (Å²) in [5.74, 6) is 0.479. The number of likely N-dealkylation sites (N-methyl/N-ethyl adjacent to an activating group) is 1. The zero-order valence-corrected chi connectivity index (χ0v) is 40.0. The molecule has 0 bridgehead atoms. The molecule has 360 valence electrons. The number of nitrogens with zero attached hydrogens (tertiary/aromatic N) is 6. The first-order valence-electron chi connectivity index (χ1n) is 22.5. The van der Waals surface area contributed by atoms with Crippen LogP contribution in [0, 0.1) is 12.7 Å². The molecule has 0 atom stereocenters. The number of thiazole rings is 1. The van der Waals surface area contributed by atoms with Crippen molar-refractivity contribution in [1.82, 2.24) is 30.1 Å². The Morgan fingerprint density at radius 2 is 1.68 bits per heavy atom. The van der Waals surface area contributed by atoms with Gasteiger partial charge < -0.3 is 49.4 Å². The minimum absolute atomic E-state index is 0.0274. The van der Waals surface area contributed by atoms with Crippen molar-refractivity contribution in [2.24, 2.45) is 0 Å². The van der Waals surface area contributed by atoms with Gasteiger partial charge in [0.05, 0.1) is 60.7 Å². The second kappa shape index (κ2) is 24.2. The molecule has 3 amide bonds. The van der Waals surface area contributed by atoms with Crippen LogP contribution in [0.3, 0.4) is 0 Å². The topological polar surface area (TPSA) is 181 Å². The molecule has 0 aliphatic carbocycles. The highest BCUT2D eigenvalue weighted by molar-refractivity contribution is 7.13. The number of aryl methyl sites for hydroxylation is 1. The van der Waals surface area contributed by atoms with E-state index in [-0.39, 0.29) is 52.6 Å². The third-order valence-electron chi connectivity index (χ3n) is 11.5. The number of ether oxygens (including phenoxy) is 4. The molecule has 3 heterocycles.